The van der Waals surface area contributed by atoms with Crippen molar-refractivity contribution in [1.29, 1.82) is 0 Å². The van der Waals surface area contributed by atoms with Gasteiger partial charge in [0, 0.05) is 37.7 Å². The Bertz CT molecular complexity index is 923. The summed E-state index contributed by atoms with van der Waals surface area (Å²) < 4.78 is 0. The molecule has 2 aliphatic heterocycles. The van der Waals surface area contributed by atoms with Gasteiger partial charge in [0.05, 0.1) is 6.67 Å². The van der Waals surface area contributed by atoms with E-state index >= 15 is 0 Å². The predicted molar refractivity (Wildman–Crippen MR) is 117 cm³/mol. The smallest absolute Gasteiger partial charge is 0.319 e. The lowest BCUT2D eigenvalue weighted by Gasteiger charge is -2.36. The lowest BCUT2D eigenvalue weighted by molar-refractivity contribution is -0.132. The summed E-state index contributed by atoms with van der Waals surface area (Å²) in [7, 11) is 0. The molecule has 2 aliphatic rings. The average molecular weight is 427 g/mol. The van der Waals surface area contributed by atoms with Crippen LogP contribution < -0.4 is 5.32 Å². The Morgan fingerprint density at radius 1 is 0.933 bits per heavy atom. The Kier molecular flexibility index (Phi) is 5.82. The molecular formula is C23H27ClN4O2. The van der Waals surface area contributed by atoms with Crippen LogP contribution in [0.3, 0.4) is 0 Å². The molecule has 0 aromatic heterocycles. The molecule has 0 unspecified atom stereocenters. The molecule has 6 nitrogen and oxygen atoms in total. The zero-order valence-corrected chi connectivity index (χ0v) is 18.2. The number of nitrogens with zero attached hydrogens (tertiary/aromatic N) is 3. The molecule has 1 N–H and O–H groups in total. The van der Waals surface area contributed by atoms with Crippen LogP contribution in [0.15, 0.2) is 48.5 Å². The Hall–Kier alpha value is -2.41. The summed E-state index contributed by atoms with van der Waals surface area (Å²) in [6.45, 7) is 8.38. The van der Waals surface area contributed by atoms with Gasteiger partial charge in [-0.05, 0) is 37.1 Å². The molecule has 1 atom stereocenters. The number of carbonyl (C=O) groups is 2. The number of rotatable bonds is 5. The standard InChI is InChI=1S/C23H27ClN4O2/c1-17-3-7-19(8-4-17)23(2)21(29)28(22(30)25-23)16-27-13-11-26(12-14-27)15-18-5-9-20(24)10-6-18/h3-10H,11-16H2,1-2H3,(H,25,30)/t23-/m0/s1. The van der Waals surface area contributed by atoms with Crippen molar-refractivity contribution in [1.82, 2.24) is 20.0 Å². The van der Waals surface area contributed by atoms with Gasteiger partial charge in [-0.25, -0.2) is 9.69 Å². The minimum atomic E-state index is -1.01. The third-order valence-electron chi connectivity index (χ3n) is 6.03. The van der Waals surface area contributed by atoms with Crippen LogP contribution in [0.5, 0.6) is 0 Å². The molecule has 0 radical (unpaired) electrons. The fraction of sp³-hybridized carbons (Fsp3) is 0.391. The fourth-order valence-corrected chi connectivity index (χ4v) is 4.17. The van der Waals surface area contributed by atoms with Crippen LogP contribution in [0.1, 0.15) is 23.6 Å². The van der Waals surface area contributed by atoms with Gasteiger partial charge in [0.15, 0.2) is 0 Å². The van der Waals surface area contributed by atoms with Crippen LogP contribution in [-0.2, 0) is 16.9 Å². The van der Waals surface area contributed by atoms with E-state index in [4.69, 9.17) is 11.6 Å². The quantitative estimate of drug-likeness (QED) is 0.746. The number of urea groups is 1. The van der Waals surface area contributed by atoms with Crippen LogP contribution in [0.25, 0.3) is 0 Å². The minimum Gasteiger partial charge on any atom is -0.319 e. The highest BCUT2D eigenvalue weighted by Crippen LogP contribution is 2.29. The number of nitrogens with one attached hydrogen (secondary N) is 1. The maximum atomic E-state index is 13.1. The van der Waals surface area contributed by atoms with Gasteiger partial charge in [0.2, 0.25) is 0 Å². The fourth-order valence-electron chi connectivity index (χ4n) is 4.04. The molecule has 2 heterocycles. The van der Waals surface area contributed by atoms with Crippen molar-refractivity contribution in [2.24, 2.45) is 0 Å². The van der Waals surface area contributed by atoms with Gasteiger partial charge in [-0.1, -0.05) is 53.6 Å². The van der Waals surface area contributed by atoms with Gasteiger partial charge >= 0.3 is 6.03 Å². The molecule has 4 rings (SSSR count). The molecule has 0 bridgehead atoms. The minimum absolute atomic E-state index is 0.194. The third-order valence-corrected chi connectivity index (χ3v) is 6.28. The molecule has 30 heavy (non-hydrogen) atoms. The zero-order chi connectivity index (χ0) is 21.3. The first kappa shape index (κ1) is 20.8. The van der Waals surface area contributed by atoms with Crippen molar-refractivity contribution in [3.8, 4) is 0 Å². The Balaban J connectivity index is 1.34. The first-order valence-electron chi connectivity index (χ1n) is 10.3. The summed E-state index contributed by atoms with van der Waals surface area (Å²) in [6, 6.07) is 15.3. The normalized spacial score (nSPS) is 23.1. The second-order valence-corrected chi connectivity index (χ2v) is 8.75. The Morgan fingerprint density at radius 2 is 1.53 bits per heavy atom. The van der Waals surface area contributed by atoms with Crippen LogP contribution in [0.4, 0.5) is 4.79 Å². The third kappa shape index (κ3) is 4.21. The molecule has 2 fully saturated rings. The molecule has 0 spiro atoms. The van der Waals surface area contributed by atoms with Gasteiger partial charge in [-0.3, -0.25) is 14.6 Å². The molecule has 3 amide bonds. The van der Waals surface area contributed by atoms with E-state index in [1.165, 1.54) is 10.5 Å². The van der Waals surface area contributed by atoms with Crippen molar-refractivity contribution in [3.05, 3.63) is 70.2 Å². The first-order valence-corrected chi connectivity index (χ1v) is 10.6. The Morgan fingerprint density at radius 3 is 2.17 bits per heavy atom. The largest absolute Gasteiger partial charge is 0.326 e. The lowest BCUT2D eigenvalue weighted by atomic mass is 9.91. The SMILES string of the molecule is Cc1ccc([C@]2(C)NC(=O)N(CN3CCN(Cc4ccc(Cl)cc4)CC3)C2=O)cc1. The molecule has 0 saturated carbocycles. The summed E-state index contributed by atoms with van der Waals surface area (Å²) in [5, 5.41) is 3.64. The number of imide groups is 1. The van der Waals surface area contributed by atoms with Crippen LogP contribution in [-0.4, -0.2) is 59.5 Å². The van der Waals surface area contributed by atoms with E-state index in [-0.39, 0.29) is 11.9 Å². The first-order chi connectivity index (χ1) is 14.3. The number of hydrogen-bond acceptors (Lipinski definition) is 4. The Labute approximate surface area is 182 Å². The molecule has 2 saturated heterocycles. The average Bonchev–Trinajstić information content (AvgIpc) is 2.95. The van der Waals surface area contributed by atoms with E-state index in [0.717, 1.165) is 48.9 Å². The van der Waals surface area contributed by atoms with E-state index in [0.29, 0.717) is 6.67 Å². The predicted octanol–water partition coefficient (Wildman–Crippen LogP) is 3.19. The summed E-state index contributed by atoms with van der Waals surface area (Å²) in [5.41, 5.74) is 2.14. The van der Waals surface area contributed by atoms with Gasteiger partial charge in [0.1, 0.15) is 5.54 Å². The second kappa shape index (κ2) is 8.38. The number of hydrogen-bond donors (Lipinski definition) is 1. The van der Waals surface area contributed by atoms with Gasteiger partial charge in [-0.15, -0.1) is 0 Å². The molecule has 158 valence electrons. The number of carbonyl (C=O) groups excluding carboxylic acids is 2. The maximum Gasteiger partial charge on any atom is 0.326 e. The van der Waals surface area contributed by atoms with E-state index in [1.807, 2.05) is 55.5 Å². The van der Waals surface area contributed by atoms with Crippen LogP contribution >= 0.6 is 11.6 Å². The molecule has 2 aromatic carbocycles. The van der Waals surface area contributed by atoms with Crippen molar-refractivity contribution in [2.75, 3.05) is 32.8 Å². The monoisotopic (exact) mass is 426 g/mol. The number of piperazine rings is 1. The number of halogens is 1. The maximum absolute atomic E-state index is 13.1. The molecular weight excluding hydrogens is 400 g/mol. The summed E-state index contributed by atoms with van der Waals surface area (Å²) in [5.74, 6) is -0.194. The lowest BCUT2D eigenvalue weighted by Crippen LogP contribution is -2.51. The second-order valence-electron chi connectivity index (χ2n) is 8.32. The van der Waals surface area contributed by atoms with Crippen LogP contribution in [0, 0.1) is 6.92 Å². The van der Waals surface area contributed by atoms with E-state index in [2.05, 4.69) is 15.1 Å². The van der Waals surface area contributed by atoms with Gasteiger partial charge < -0.3 is 5.32 Å². The summed E-state index contributed by atoms with van der Waals surface area (Å²) in [6.07, 6.45) is 0. The molecule has 2 aromatic rings. The van der Waals surface area contributed by atoms with Gasteiger partial charge in [0.25, 0.3) is 5.91 Å². The zero-order valence-electron chi connectivity index (χ0n) is 17.4. The topological polar surface area (TPSA) is 55.9 Å². The van der Waals surface area contributed by atoms with Gasteiger partial charge in [-0.2, -0.15) is 0 Å². The summed E-state index contributed by atoms with van der Waals surface area (Å²) >= 11 is 5.96. The van der Waals surface area contributed by atoms with E-state index < -0.39 is 5.54 Å². The van der Waals surface area contributed by atoms with Crippen molar-refractivity contribution in [2.45, 2.75) is 25.9 Å². The van der Waals surface area contributed by atoms with E-state index in [9.17, 15) is 9.59 Å². The highest BCUT2D eigenvalue weighted by Gasteiger charge is 2.49. The molecule has 0 aliphatic carbocycles. The van der Waals surface area contributed by atoms with Crippen molar-refractivity contribution in [3.63, 3.8) is 0 Å². The van der Waals surface area contributed by atoms with Crippen molar-refractivity contribution < 1.29 is 9.59 Å². The van der Waals surface area contributed by atoms with E-state index in [1.54, 1.807) is 6.92 Å². The van der Waals surface area contributed by atoms with Crippen LogP contribution in [0.2, 0.25) is 5.02 Å². The molecule has 7 heteroatoms. The summed E-state index contributed by atoms with van der Waals surface area (Å²) in [4.78, 5) is 31.6. The number of amides is 3. The number of aryl methyl sites for hydroxylation is 1. The van der Waals surface area contributed by atoms with Crippen molar-refractivity contribution >= 4 is 23.5 Å². The number of benzene rings is 2. The highest BCUT2D eigenvalue weighted by molar-refractivity contribution is 6.30. The highest BCUT2D eigenvalue weighted by atomic mass is 35.5.